The quantitative estimate of drug-likeness (QED) is 0.639. The van der Waals surface area contributed by atoms with Crippen molar-refractivity contribution in [3.63, 3.8) is 0 Å². The van der Waals surface area contributed by atoms with Crippen molar-refractivity contribution in [1.82, 2.24) is 5.32 Å². The highest BCUT2D eigenvalue weighted by molar-refractivity contribution is 5.81. The minimum Gasteiger partial charge on any atom is -0.461 e. The van der Waals surface area contributed by atoms with Gasteiger partial charge in [0.25, 0.3) is 0 Å². The lowest BCUT2D eigenvalue weighted by Gasteiger charge is -2.22. The fourth-order valence-electron chi connectivity index (χ4n) is 2.17. The van der Waals surface area contributed by atoms with Crippen molar-refractivity contribution in [2.24, 2.45) is 0 Å². The van der Waals surface area contributed by atoms with Gasteiger partial charge in [-0.25, -0.2) is 9.59 Å². The number of amides is 1. The molecule has 1 amide bonds. The van der Waals surface area contributed by atoms with Crippen LogP contribution in [-0.2, 0) is 14.3 Å². The topological polar surface area (TPSA) is 64.6 Å². The third kappa shape index (κ3) is 6.78. The monoisotopic (exact) mass is 285 g/mol. The molecule has 0 heterocycles. The standard InChI is InChI=1S/C15H27NO4/c1-11(16-14(18)20-15(2,3)4)13(17)19-12-9-7-5-6-8-10-12/h11-12H,5-10H2,1-4H3,(H,16,18). The zero-order chi connectivity index (χ0) is 15.2. The molecule has 0 aromatic carbocycles. The van der Waals surface area contributed by atoms with E-state index in [1.807, 2.05) is 0 Å². The Hall–Kier alpha value is -1.26. The van der Waals surface area contributed by atoms with Gasteiger partial charge >= 0.3 is 12.1 Å². The third-order valence-corrected chi connectivity index (χ3v) is 3.17. The maximum Gasteiger partial charge on any atom is 0.408 e. The molecule has 20 heavy (non-hydrogen) atoms. The minimum atomic E-state index is -0.687. The van der Waals surface area contributed by atoms with E-state index in [-0.39, 0.29) is 12.1 Å². The number of carbonyl (C=O) groups is 2. The normalized spacial score (nSPS) is 18.8. The van der Waals surface area contributed by atoms with E-state index in [2.05, 4.69) is 5.32 Å². The molecular weight excluding hydrogens is 258 g/mol. The molecule has 0 aliphatic heterocycles. The second-order valence-electron chi connectivity index (χ2n) is 6.42. The maximum absolute atomic E-state index is 11.9. The predicted octanol–water partition coefficient (Wildman–Crippen LogP) is 3.17. The summed E-state index contributed by atoms with van der Waals surface area (Å²) < 4.78 is 10.6. The predicted molar refractivity (Wildman–Crippen MR) is 76.4 cm³/mol. The molecule has 1 N–H and O–H groups in total. The Kier molecular flexibility index (Phi) is 6.30. The third-order valence-electron chi connectivity index (χ3n) is 3.17. The number of hydrogen-bond donors (Lipinski definition) is 1. The van der Waals surface area contributed by atoms with Gasteiger partial charge in [-0.05, 0) is 53.4 Å². The molecule has 0 spiro atoms. The van der Waals surface area contributed by atoms with Crippen LogP contribution in [0.3, 0.4) is 0 Å². The van der Waals surface area contributed by atoms with E-state index in [1.54, 1.807) is 27.7 Å². The summed E-state index contributed by atoms with van der Waals surface area (Å²) in [6.45, 7) is 6.95. The van der Waals surface area contributed by atoms with Crippen LogP contribution in [0.15, 0.2) is 0 Å². The van der Waals surface area contributed by atoms with Gasteiger partial charge in [0.15, 0.2) is 0 Å². The summed E-state index contributed by atoms with van der Waals surface area (Å²) in [7, 11) is 0. The number of carbonyl (C=O) groups excluding carboxylic acids is 2. The van der Waals surface area contributed by atoms with Crippen molar-refractivity contribution in [3.8, 4) is 0 Å². The average molecular weight is 285 g/mol. The summed E-state index contributed by atoms with van der Waals surface area (Å²) in [5.41, 5.74) is -0.574. The molecule has 1 atom stereocenters. The molecule has 0 aromatic rings. The fraction of sp³-hybridized carbons (Fsp3) is 0.867. The van der Waals surface area contributed by atoms with Crippen LogP contribution in [-0.4, -0.2) is 29.8 Å². The number of alkyl carbamates (subject to hydrolysis) is 1. The summed E-state index contributed by atoms with van der Waals surface area (Å²) in [6.07, 6.45) is 5.86. The molecule has 1 aliphatic carbocycles. The van der Waals surface area contributed by atoms with Gasteiger partial charge in [0.2, 0.25) is 0 Å². The van der Waals surface area contributed by atoms with E-state index in [4.69, 9.17) is 9.47 Å². The van der Waals surface area contributed by atoms with E-state index in [1.165, 1.54) is 12.8 Å². The van der Waals surface area contributed by atoms with Crippen LogP contribution < -0.4 is 5.32 Å². The SMILES string of the molecule is CC(NC(=O)OC(C)(C)C)C(=O)OC1CCCCCC1. The number of ether oxygens (including phenoxy) is 2. The van der Waals surface area contributed by atoms with Crippen LogP contribution in [0.5, 0.6) is 0 Å². The lowest BCUT2D eigenvalue weighted by Crippen LogP contribution is -2.43. The van der Waals surface area contributed by atoms with Gasteiger partial charge in [-0.3, -0.25) is 0 Å². The molecule has 0 radical (unpaired) electrons. The fourth-order valence-corrected chi connectivity index (χ4v) is 2.17. The molecule has 1 saturated carbocycles. The molecule has 5 nitrogen and oxygen atoms in total. The first kappa shape index (κ1) is 16.8. The summed E-state index contributed by atoms with van der Waals surface area (Å²) in [6, 6.07) is -0.687. The minimum absolute atomic E-state index is 0.00659. The van der Waals surface area contributed by atoms with Gasteiger partial charge < -0.3 is 14.8 Å². The van der Waals surface area contributed by atoms with Crippen molar-refractivity contribution in [3.05, 3.63) is 0 Å². The van der Waals surface area contributed by atoms with Crippen LogP contribution in [0.4, 0.5) is 4.79 Å². The van der Waals surface area contributed by atoms with Crippen molar-refractivity contribution in [2.45, 2.75) is 84.0 Å². The molecule has 1 fully saturated rings. The Morgan fingerprint density at radius 3 is 2.15 bits per heavy atom. The van der Waals surface area contributed by atoms with Crippen molar-refractivity contribution >= 4 is 12.1 Å². The first-order chi connectivity index (χ1) is 9.28. The van der Waals surface area contributed by atoms with Crippen LogP contribution >= 0.6 is 0 Å². The molecule has 1 rings (SSSR count). The number of hydrogen-bond acceptors (Lipinski definition) is 4. The van der Waals surface area contributed by atoms with E-state index < -0.39 is 17.7 Å². The van der Waals surface area contributed by atoms with Gasteiger partial charge in [0.05, 0.1) is 0 Å². The zero-order valence-electron chi connectivity index (χ0n) is 13.0. The molecular formula is C15H27NO4. The Labute approximate surface area is 121 Å². The Morgan fingerprint density at radius 2 is 1.65 bits per heavy atom. The van der Waals surface area contributed by atoms with Crippen LogP contribution in [0.2, 0.25) is 0 Å². The van der Waals surface area contributed by atoms with Gasteiger partial charge in [0, 0.05) is 0 Å². The Balaban J connectivity index is 2.36. The molecule has 0 bridgehead atoms. The molecule has 1 aliphatic rings. The summed E-state index contributed by atoms with van der Waals surface area (Å²) in [5, 5.41) is 2.51. The highest BCUT2D eigenvalue weighted by Gasteiger charge is 2.24. The first-order valence-corrected chi connectivity index (χ1v) is 7.48. The van der Waals surface area contributed by atoms with E-state index in [9.17, 15) is 9.59 Å². The summed E-state index contributed by atoms with van der Waals surface area (Å²) in [5.74, 6) is -0.386. The summed E-state index contributed by atoms with van der Waals surface area (Å²) in [4.78, 5) is 23.5. The molecule has 5 heteroatoms. The second kappa shape index (κ2) is 7.50. The Morgan fingerprint density at radius 1 is 1.10 bits per heavy atom. The van der Waals surface area contributed by atoms with Crippen LogP contribution in [0.25, 0.3) is 0 Å². The molecule has 1 unspecified atom stereocenters. The van der Waals surface area contributed by atoms with Gasteiger partial charge in [0.1, 0.15) is 17.7 Å². The van der Waals surface area contributed by atoms with Crippen molar-refractivity contribution in [2.75, 3.05) is 0 Å². The first-order valence-electron chi connectivity index (χ1n) is 7.48. The van der Waals surface area contributed by atoms with E-state index in [0.29, 0.717) is 0 Å². The lowest BCUT2D eigenvalue weighted by atomic mass is 10.1. The van der Waals surface area contributed by atoms with Gasteiger partial charge in [-0.2, -0.15) is 0 Å². The van der Waals surface area contributed by atoms with Gasteiger partial charge in [-0.1, -0.05) is 12.8 Å². The largest absolute Gasteiger partial charge is 0.461 e. The van der Waals surface area contributed by atoms with Gasteiger partial charge in [-0.15, -0.1) is 0 Å². The Bertz CT molecular complexity index is 327. The maximum atomic E-state index is 11.9. The number of esters is 1. The van der Waals surface area contributed by atoms with E-state index >= 15 is 0 Å². The second-order valence-corrected chi connectivity index (χ2v) is 6.42. The van der Waals surface area contributed by atoms with Crippen LogP contribution in [0.1, 0.15) is 66.2 Å². The number of nitrogens with one attached hydrogen (secondary N) is 1. The smallest absolute Gasteiger partial charge is 0.408 e. The number of rotatable bonds is 3. The van der Waals surface area contributed by atoms with Crippen molar-refractivity contribution < 1.29 is 19.1 Å². The highest BCUT2D eigenvalue weighted by atomic mass is 16.6. The molecule has 116 valence electrons. The zero-order valence-corrected chi connectivity index (χ0v) is 13.0. The van der Waals surface area contributed by atoms with Crippen LogP contribution in [0, 0.1) is 0 Å². The highest BCUT2D eigenvalue weighted by Crippen LogP contribution is 2.20. The lowest BCUT2D eigenvalue weighted by molar-refractivity contribution is -0.151. The summed E-state index contributed by atoms with van der Waals surface area (Å²) >= 11 is 0. The molecule has 0 saturated heterocycles. The molecule has 0 aromatic heterocycles. The van der Waals surface area contributed by atoms with E-state index in [0.717, 1.165) is 25.7 Å². The van der Waals surface area contributed by atoms with Crippen molar-refractivity contribution in [1.29, 1.82) is 0 Å². The average Bonchev–Trinajstić information content (AvgIpc) is 2.54.